The van der Waals surface area contributed by atoms with Gasteiger partial charge in [0.1, 0.15) is 6.54 Å². The number of benzene rings is 1. The smallest absolute Gasteiger partial charge is 0.326 e. The number of ether oxygens (including phenoxy) is 2. The third-order valence-corrected chi connectivity index (χ3v) is 4.31. The van der Waals surface area contributed by atoms with Crippen molar-refractivity contribution in [3.63, 3.8) is 0 Å². The predicted molar refractivity (Wildman–Crippen MR) is 93.6 cm³/mol. The number of halogens is 1. The molecule has 0 bridgehead atoms. The highest BCUT2D eigenvalue weighted by Gasteiger charge is 2.36. The van der Waals surface area contributed by atoms with E-state index in [0.717, 1.165) is 4.90 Å². The minimum absolute atomic E-state index is 0.0583. The van der Waals surface area contributed by atoms with E-state index < -0.39 is 23.7 Å². The Morgan fingerprint density at radius 1 is 1.32 bits per heavy atom. The number of aromatic hydroxyl groups is 1. The number of amides is 2. The molecule has 1 aliphatic rings. The van der Waals surface area contributed by atoms with Gasteiger partial charge in [-0.1, -0.05) is 11.6 Å². The number of hydrogen-bond acceptors (Lipinski definition) is 7. The number of carbonyl (C=O) groups excluding carboxylic acids is 3. The Morgan fingerprint density at radius 2 is 2.04 bits per heavy atom. The highest BCUT2D eigenvalue weighted by molar-refractivity contribution is 8.18. The second-order valence-corrected chi connectivity index (χ2v) is 6.26. The van der Waals surface area contributed by atoms with Crippen molar-refractivity contribution in [2.45, 2.75) is 13.8 Å². The number of imide groups is 1. The van der Waals surface area contributed by atoms with Crippen LogP contribution in [0, 0.1) is 0 Å². The van der Waals surface area contributed by atoms with E-state index in [0.29, 0.717) is 23.9 Å². The highest BCUT2D eigenvalue weighted by atomic mass is 35.5. The molecule has 1 aromatic carbocycles. The summed E-state index contributed by atoms with van der Waals surface area (Å²) in [6, 6.07) is 2.95. The van der Waals surface area contributed by atoms with Gasteiger partial charge >= 0.3 is 5.97 Å². The molecule has 7 nitrogen and oxygen atoms in total. The molecule has 0 aliphatic carbocycles. The zero-order valence-electron chi connectivity index (χ0n) is 13.6. The number of phenolic OH excluding ortho intramolecular Hbond substituents is 1. The van der Waals surface area contributed by atoms with Crippen LogP contribution in [0.3, 0.4) is 0 Å². The summed E-state index contributed by atoms with van der Waals surface area (Å²) in [5.74, 6) is -1.27. The lowest BCUT2D eigenvalue weighted by atomic mass is 10.2. The summed E-state index contributed by atoms with van der Waals surface area (Å²) >= 11 is 6.66. The number of carbonyl (C=O) groups is 3. The first-order valence-electron chi connectivity index (χ1n) is 7.43. The fourth-order valence-electron chi connectivity index (χ4n) is 2.07. The molecule has 1 fully saturated rings. The summed E-state index contributed by atoms with van der Waals surface area (Å²) in [6.07, 6.45) is 1.45. The molecular weight excluding hydrogens is 370 g/mol. The van der Waals surface area contributed by atoms with Gasteiger partial charge in [0.15, 0.2) is 11.5 Å². The predicted octanol–water partition coefficient (Wildman–Crippen LogP) is 3.04. The van der Waals surface area contributed by atoms with Crippen molar-refractivity contribution in [3.05, 3.63) is 27.6 Å². The normalized spacial score (nSPS) is 15.8. The third-order valence-electron chi connectivity index (χ3n) is 3.11. The number of thioether (sulfide) groups is 1. The zero-order valence-corrected chi connectivity index (χ0v) is 15.1. The Hall–Kier alpha value is -2.19. The summed E-state index contributed by atoms with van der Waals surface area (Å²) in [5, 5.41) is 9.34. The van der Waals surface area contributed by atoms with Crippen LogP contribution >= 0.6 is 23.4 Å². The van der Waals surface area contributed by atoms with E-state index in [9.17, 15) is 19.5 Å². The van der Waals surface area contributed by atoms with Gasteiger partial charge in [-0.25, -0.2) is 0 Å². The van der Waals surface area contributed by atoms with Crippen molar-refractivity contribution in [1.29, 1.82) is 0 Å². The lowest BCUT2D eigenvalue weighted by Gasteiger charge is -2.11. The summed E-state index contributed by atoms with van der Waals surface area (Å²) in [4.78, 5) is 36.7. The molecule has 1 saturated heterocycles. The Morgan fingerprint density at radius 3 is 2.68 bits per heavy atom. The Kier molecular flexibility index (Phi) is 6.33. The molecule has 134 valence electrons. The topological polar surface area (TPSA) is 93.1 Å². The Bertz CT molecular complexity index is 748. The van der Waals surface area contributed by atoms with Crippen LogP contribution in [-0.4, -0.2) is 46.9 Å². The maximum absolute atomic E-state index is 12.3. The average molecular weight is 386 g/mol. The molecule has 0 spiro atoms. The monoisotopic (exact) mass is 385 g/mol. The molecule has 25 heavy (non-hydrogen) atoms. The van der Waals surface area contributed by atoms with E-state index >= 15 is 0 Å². The van der Waals surface area contributed by atoms with Crippen molar-refractivity contribution >= 4 is 46.6 Å². The van der Waals surface area contributed by atoms with Gasteiger partial charge in [0.2, 0.25) is 0 Å². The molecule has 2 amide bonds. The van der Waals surface area contributed by atoms with Crippen molar-refractivity contribution in [1.82, 2.24) is 4.90 Å². The summed E-state index contributed by atoms with van der Waals surface area (Å²) in [7, 11) is 0. The number of esters is 1. The number of phenols is 1. The fraction of sp³-hybridized carbons (Fsp3) is 0.312. The van der Waals surface area contributed by atoms with Crippen LogP contribution in [0.4, 0.5) is 4.79 Å². The average Bonchev–Trinajstić information content (AvgIpc) is 2.80. The van der Waals surface area contributed by atoms with Crippen LogP contribution in [0.15, 0.2) is 17.0 Å². The van der Waals surface area contributed by atoms with Gasteiger partial charge < -0.3 is 14.6 Å². The molecule has 1 N–H and O–H groups in total. The molecule has 0 aromatic heterocycles. The first-order valence-corrected chi connectivity index (χ1v) is 8.63. The van der Waals surface area contributed by atoms with Crippen LogP contribution in [-0.2, 0) is 14.3 Å². The van der Waals surface area contributed by atoms with Crippen molar-refractivity contribution in [2.75, 3.05) is 19.8 Å². The lowest BCUT2D eigenvalue weighted by molar-refractivity contribution is -0.145. The van der Waals surface area contributed by atoms with E-state index in [1.165, 1.54) is 18.2 Å². The SMILES string of the molecule is CCOC(=O)CN1C(=O)S/C(=C/c2cc(Cl)c(O)c(OCC)c2)C1=O. The third kappa shape index (κ3) is 4.46. The standard InChI is InChI=1S/C16H16ClNO6S/c1-3-23-11-6-9(5-10(17)14(11)20)7-12-15(21)18(16(22)25-12)8-13(19)24-4-2/h5-7,20H,3-4,8H2,1-2H3/b12-7+. The molecule has 1 heterocycles. The lowest BCUT2D eigenvalue weighted by Crippen LogP contribution is -2.34. The van der Waals surface area contributed by atoms with Crippen molar-refractivity contribution in [2.24, 2.45) is 0 Å². The largest absolute Gasteiger partial charge is 0.503 e. The molecule has 1 aromatic rings. The van der Waals surface area contributed by atoms with E-state index in [-0.39, 0.29) is 28.0 Å². The summed E-state index contributed by atoms with van der Waals surface area (Å²) in [5.41, 5.74) is 0.480. The number of rotatable bonds is 6. The van der Waals surface area contributed by atoms with Crippen LogP contribution in [0.25, 0.3) is 6.08 Å². The highest BCUT2D eigenvalue weighted by Crippen LogP contribution is 2.38. The van der Waals surface area contributed by atoms with E-state index in [1.54, 1.807) is 13.8 Å². The Labute approximate surface area is 153 Å². The first-order chi connectivity index (χ1) is 11.9. The molecule has 0 radical (unpaired) electrons. The fourth-order valence-corrected chi connectivity index (χ4v) is 3.12. The zero-order chi connectivity index (χ0) is 18.6. The molecule has 0 atom stereocenters. The molecular formula is C16H16ClNO6S. The summed E-state index contributed by atoms with van der Waals surface area (Å²) < 4.78 is 10.0. The second-order valence-electron chi connectivity index (χ2n) is 4.86. The van der Waals surface area contributed by atoms with E-state index in [1.807, 2.05) is 0 Å². The van der Waals surface area contributed by atoms with Gasteiger partial charge in [-0.15, -0.1) is 0 Å². The van der Waals surface area contributed by atoms with Gasteiger partial charge in [0, 0.05) is 0 Å². The van der Waals surface area contributed by atoms with Gasteiger partial charge in [-0.05, 0) is 49.4 Å². The number of hydrogen-bond donors (Lipinski definition) is 1. The van der Waals surface area contributed by atoms with Gasteiger partial charge in [-0.3, -0.25) is 19.3 Å². The second kappa shape index (κ2) is 8.26. The first kappa shape index (κ1) is 19.1. The minimum atomic E-state index is -0.655. The van der Waals surface area contributed by atoms with Crippen LogP contribution < -0.4 is 4.74 Å². The number of nitrogens with zero attached hydrogens (tertiary/aromatic N) is 1. The maximum atomic E-state index is 12.3. The van der Waals surface area contributed by atoms with Crippen LogP contribution in [0.1, 0.15) is 19.4 Å². The molecule has 9 heteroatoms. The quantitative estimate of drug-likeness (QED) is 0.594. The van der Waals surface area contributed by atoms with Crippen LogP contribution in [0.5, 0.6) is 11.5 Å². The van der Waals surface area contributed by atoms with Gasteiger partial charge in [0.25, 0.3) is 11.1 Å². The maximum Gasteiger partial charge on any atom is 0.326 e. The molecule has 0 saturated carbocycles. The Balaban J connectivity index is 2.26. The van der Waals surface area contributed by atoms with Gasteiger partial charge in [0.05, 0.1) is 23.1 Å². The van der Waals surface area contributed by atoms with E-state index in [4.69, 9.17) is 21.1 Å². The molecule has 0 unspecified atom stereocenters. The van der Waals surface area contributed by atoms with Gasteiger partial charge in [-0.2, -0.15) is 0 Å². The van der Waals surface area contributed by atoms with Crippen molar-refractivity contribution in [3.8, 4) is 11.5 Å². The minimum Gasteiger partial charge on any atom is -0.503 e. The molecule has 1 aliphatic heterocycles. The summed E-state index contributed by atoms with van der Waals surface area (Å²) in [6.45, 7) is 3.44. The van der Waals surface area contributed by atoms with Crippen LogP contribution in [0.2, 0.25) is 5.02 Å². The van der Waals surface area contributed by atoms with Crippen molar-refractivity contribution < 1.29 is 29.0 Å². The molecule has 2 rings (SSSR count). The van der Waals surface area contributed by atoms with E-state index in [2.05, 4.69) is 0 Å².